The quantitative estimate of drug-likeness (QED) is 0.305. The van der Waals surface area contributed by atoms with Crippen molar-refractivity contribution in [2.24, 2.45) is 0 Å². The Morgan fingerprint density at radius 2 is 1.84 bits per heavy atom. The fourth-order valence-corrected chi connectivity index (χ4v) is 4.18. The Hall–Kier alpha value is -5.39. The van der Waals surface area contributed by atoms with Crippen LogP contribution in [0.1, 0.15) is 0 Å². The molecular weight excluding hydrogens is 487 g/mol. The highest BCUT2D eigenvalue weighted by Crippen LogP contribution is 2.33. The minimum absolute atomic E-state index is 0.261. The van der Waals surface area contributed by atoms with E-state index in [1.807, 2.05) is 12.1 Å². The lowest BCUT2D eigenvalue weighted by Crippen LogP contribution is -2.27. The van der Waals surface area contributed by atoms with Crippen molar-refractivity contribution >= 4 is 33.8 Å². The van der Waals surface area contributed by atoms with E-state index >= 15 is 0 Å². The summed E-state index contributed by atoms with van der Waals surface area (Å²) in [7, 11) is 3.32. The molecule has 0 saturated carbocycles. The van der Waals surface area contributed by atoms with Crippen molar-refractivity contribution in [1.82, 2.24) is 39.7 Å². The number of halogens is 1. The number of rotatable bonds is 4. The lowest BCUT2D eigenvalue weighted by molar-refractivity contribution is 0.230. The largest absolute Gasteiger partial charge is 0.337 e. The first-order chi connectivity index (χ1) is 18.4. The van der Waals surface area contributed by atoms with Crippen molar-refractivity contribution in [2.45, 2.75) is 0 Å². The summed E-state index contributed by atoms with van der Waals surface area (Å²) in [6, 6.07) is 9.69. The standard InChI is InChI=1S/C26H21FN10O/c1-36(2)26(38)32-18-7-15(9-29-11-18)16-8-19-23(34-35-24(19)31-10-16)25-33-22-20(12-30-13-21(22)37(25)28)14-4-3-5-17(27)6-14/h3-13H,28H2,1-2H3,(H,32,38)(H,31,34,35). The number of urea groups is 1. The minimum atomic E-state index is -0.357. The number of nitrogens with zero attached hydrogens (tertiary/aromatic N) is 7. The third kappa shape index (κ3) is 3.93. The van der Waals surface area contributed by atoms with Crippen LogP contribution in [0.3, 0.4) is 0 Å². The Labute approximate surface area is 215 Å². The monoisotopic (exact) mass is 508 g/mol. The predicted molar refractivity (Wildman–Crippen MR) is 142 cm³/mol. The SMILES string of the molecule is CN(C)C(=O)Nc1cncc(-c2cnc3n[nH]c(-c4nc5c(-c6cccc(F)c6)cncc5n4N)c3c2)c1. The van der Waals surface area contributed by atoms with Gasteiger partial charge in [-0.25, -0.2) is 23.8 Å². The number of nitrogen functional groups attached to an aromatic ring is 1. The summed E-state index contributed by atoms with van der Waals surface area (Å²) in [5, 5.41) is 10.8. The van der Waals surface area contributed by atoms with Gasteiger partial charge in [0.25, 0.3) is 0 Å². The summed E-state index contributed by atoms with van der Waals surface area (Å²) in [4.78, 5) is 31.3. The van der Waals surface area contributed by atoms with E-state index in [1.165, 1.54) is 21.7 Å². The number of benzene rings is 1. The van der Waals surface area contributed by atoms with Crippen LogP contribution in [0.15, 0.2) is 67.4 Å². The van der Waals surface area contributed by atoms with Crippen LogP contribution in [0.2, 0.25) is 0 Å². The second-order valence-electron chi connectivity index (χ2n) is 8.85. The molecular formula is C26H21FN10O. The van der Waals surface area contributed by atoms with Crippen LogP contribution >= 0.6 is 0 Å². The average Bonchev–Trinajstić information content (AvgIpc) is 3.49. The first-order valence-electron chi connectivity index (χ1n) is 11.5. The number of nitrogens with one attached hydrogen (secondary N) is 2. The van der Waals surface area contributed by atoms with Gasteiger partial charge in [0, 0.05) is 49.4 Å². The highest BCUT2D eigenvalue weighted by Gasteiger charge is 2.20. The second-order valence-corrected chi connectivity index (χ2v) is 8.85. The number of hydrogen-bond donors (Lipinski definition) is 3. The van der Waals surface area contributed by atoms with Crippen LogP contribution in [0.5, 0.6) is 0 Å². The highest BCUT2D eigenvalue weighted by molar-refractivity contribution is 5.97. The molecule has 12 heteroatoms. The summed E-state index contributed by atoms with van der Waals surface area (Å²) in [5.41, 5.74) is 5.53. The summed E-state index contributed by atoms with van der Waals surface area (Å²) >= 11 is 0. The van der Waals surface area contributed by atoms with E-state index in [-0.39, 0.29) is 11.8 Å². The molecule has 0 radical (unpaired) electrons. The molecule has 11 nitrogen and oxygen atoms in total. The fourth-order valence-electron chi connectivity index (χ4n) is 4.18. The van der Waals surface area contributed by atoms with E-state index in [2.05, 4.69) is 30.5 Å². The number of carbonyl (C=O) groups is 1. The van der Waals surface area contributed by atoms with Crippen molar-refractivity contribution in [3.05, 3.63) is 73.2 Å². The number of H-pyrrole nitrogens is 1. The van der Waals surface area contributed by atoms with Crippen molar-refractivity contribution in [1.29, 1.82) is 0 Å². The van der Waals surface area contributed by atoms with Crippen molar-refractivity contribution in [3.63, 3.8) is 0 Å². The Morgan fingerprint density at radius 1 is 1.03 bits per heavy atom. The van der Waals surface area contributed by atoms with E-state index in [0.717, 1.165) is 11.1 Å². The van der Waals surface area contributed by atoms with Gasteiger partial charge in [0.05, 0.1) is 23.5 Å². The molecule has 38 heavy (non-hydrogen) atoms. The molecule has 6 aromatic rings. The van der Waals surface area contributed by atoms with Crippen molar-refractivity contribution < 1.29 is 9.18 Å². The number of aromatic amines is 1. The van der Waals surface area contributed by atoms with Gasteiger partial charge in [0.2, 0.25) is 0 Å². The van der Waals surface area contributed by atoms with Crippen LogP contribution in [0.4, 0.5) is 14.9 Å². The van der Waals surface area contributed by atoms with Crippen LogP contribution in [0, 0.1) is 5.82 Å². The topological polar surface area (TPSA) is 144 Å². The van der Waals surface area contributed by atoms with Crippen LogP contribution < -0.4 is 11.2 Å². The zero-order chi connectivity index (χ0) is 26.4. The number of imidazole rings is 1. The zero-order valence-electron chi connectivity index (χ0n) is 20.3. The Morgan fingerprint density at radius 3 is 2.66 bits per heavy atom. The van der Waals surface area contributed by atoms with E-state index in [1.54, 1.807) is 57.2 Å². The fraction of sp³-hybridized carbons (Fsp3) is 0.0769. The summed E-state index contributed by atoms with van der Waals surface area (Å²) < 4.78 is 15.3. The maximum Gasteiger partial charge on any atom is 0.321 e. The average molecular weight is 509 g/mol. The highest BCUT2D eigenvalue weighted by atomic mass is 19.1. The van der Waals surface area contributed by atoms with Gasteiger partial charge in [0.1, 0.15) is 22.5 Å². The Kier molecular flexibility index (Phi) is 5.41. The first-order valence-corrected chi connectivity index (χ1v) is 11.5. The van der Waals surface area contributed by atoms with Crippen molar-refractivity contribution in [2.75, 3.05) is 25.3 Å². The molecule has 1 aromatic carbocycles. The molecule has 6 rings (SSSR count). The third-order valence-electron chi connectivity index (χ3n) is 6.10. The number of aromatic nitrogens is 7. The zero-order valence-corrected chi connectivity index (χ0v) is 20.3. The van der Waals surface area contributed by atoms with Gasteiger partial charge in [-0.15, -0.1) is 0 Å². The molecule has 0 aliphatic heterocycles. The molecule has 188 valence electrons. The van der Waals surface area contributed by atoms with Crippen molar-refractivity contribution in [3.8, 4) is 33.8 Å². The van der Waals surface area contributed by atoms with Gasteiger partial charge in [-0.3, -0.25) is 15.1 Å². The Balaban J connectivity index is 1.45. The number of pyridine rings is 3. The Bertz CT molecular complexity index is 1840. The molecule has 0 fully saturated rings. The second kappa shape index (κ2) is 8.92. The molecule has 0 aliphatic carbocycles. The summed E-state index contributed by atoms with van der Waals surface area (Å²) in [6.07, 6.45) is 8.17. The van der Waals surface area contributed by atoms with E-state index in [9.17, 15) is 9.18 Å². The van der Waals surface area contributed by atoms with Gasteiger partial charge >= 0.3 is 6.03 Å². The van der Waals surface area contributed by atoms with Gasteiger partial charge < -0.3 is 16.1 Å². The number of amides is 2. The molecule has 5 heterocycles. The molecule has 2 amide bonds. The number of hydrogen-bond acceptors (Lipinski definition) is 7. The molecule has 0 spiro atoms. The number of carbonyl (C=O) groups excluding carboxylic acids is 1. The van der Waals surface area contributed by atoms with Crippen LogP contribution in [0.25, 0.3) is 55.8 Å². The third-order valence-corrected chi connectivity index (χ3v) is 6.10. The molecule has 0 saturated heterocycles. The van der Waals surface area contributed by atoms with Gasteiger partial charge in [-0.05, 0) is 29.8 Å². The van der Waals surface area contributed by atoms with E-state index in [4.69, 9.17) is 10.8 Å². The van der Waals surface area contributed by atoms with Gasteiger partial charge in [-0.2, -0.15) is 5.10 Å². The lowest BCUT2D eigenvalue weighted by Gasteiger charge is -2.12. The molecule has 0 unspecified atom stereocenters. The normalized spacial score (nSPS) is 11.2. The number of nitrogens with two attached hydrogens (primary N) is 1. The molecule has 0 aliphatic rings. The lowest BCUT2D eigenvalue weighted by atomic mass is 10.1. The first kappa shape index (κ1) is 23.0. The smallest absolute Gasteiger partial charge is 0.321 e. The van der Waals surface area contributed by atoms with Gasteiger partial charge in [-0.1, -0.05) is 12.1 Å². The number of fused-ring (bicyclic) bond motifs is 2. The molecule has 4 N–H and O–H groups in total. The summed E-state index contributed by atoms with van der Waals surface area (Å²) in [5.74, 6) is 6.51. The van der Waals surface area contributed by atoms with Crippen LogP contribution in [-0.2, 0) is 0 Å². The molecule has 0 atom stereocenters. The van der Waals surface area contributed by atoms with Gasteiger partial charge in [0.15, 0.2) is 11.5 Å². The maximum absolute atomic E-state index is 13.9. The van der Waals surface area contributed by atoms with Crippen LogP contribution in [-0.4, -0.2) is 59.8 Å². The summed E-state index contributed by atoms with van der Waals surface area (Å²) in [6.45, 7) is 0. The molecule has 0 bridgehead atoms. The van der Waals surface area contributed by atoms with E-state index < -0.39 is 0 Å². The number of anilines is 1. The maximum atomic E-state index is 13.9. The predicted octanol–water partition coefficient (Wildman–Crippen LogP) is 4.05. The van der Waals surface area contributed by atoms with E-state index in [0.29, 0.717) is 50.4 Å². The minimum Gasteiger partial charge on any atom is -0.337 e. The molecule has 5 aromatic heterocycles.